The number of rotatable bonds is 3. The van der Waals surface area contributed by atoms with Gasteiger partial charge < -0.3 is 4.90 Å². The standard InChI is InChI=1S/C10H18N2O/c1-4-11-10(2,3)12-8-6-5-7-9(12)13/h5,7,11H,4,6,8H2,1-3H3. The summed E-state index contributed by atoms with van der Waals surface area (Å²) in [6.07, 6.45) is 4.55. The predicted molar refractivity (Wildman–Crippen MR) is 53.2 cm³/mol. The molecule has 13 heavy (non-hydrogen) atoms. The van der Waals surface area contributed by atoms with Gasteiger partial charge in [-0.15, -0.1) is 0 Å². The Morgan fingerprint density at radius 3 is 2.85 bits per heavy atom. The quantitative estimate of drug-likeness (QED) is 0.709. The van der Waals surface area contributed by atoms with E-state index in [1.165, 1.54) is 0 Å². The number of nitrogens with one attached hydrogen (secondary N) is 1. The number of nitrogens with zero attached hydrogens (tertiary/aromatic N) is 1. The normalized spacial score (nSPS) is 18.1. The van der Waals surface area contributed by atoms with Crippen molar-refractivity contribution in [3.05, 3.63) is 12.2 Å². The Morgan fingerprint density at radius 2 is 2.31 bits per heavy atom. The lowest BCUT2D eigenvalue weighted by molar-refractivity contribution is -0.132. The van der Waals surface area contributed by atoms with E-state index in [4.69, 9.17) is 0 Å². The van der Waals surface area contributed by atoms with Crippen LogP contribution in [0, 0.1) is 0 Å². The summed E-state index contributed by atoms with van der Waals surface area (Å²) in [6.45, 7) is 7.81. The highest BCUT2D eigenvalue weighted by Crippen LogP contribution is 2.15. The molecule has 74 valence electrons. The first-order chi connectivity index (χ1) is 6.08. The second-order valence-corrected chi connectivity index (χ2v) is 3.77. The highest BCUT2D eigenvalue weighted by Gasteiger charge is 2.29. The fourth-order valence-electron chi connectivity index (χ4n) is 1.67. The third-order valence-electron chi connectivity index (χ3n) is 2.33. The second kappa shape index (κ2) is 3.92. The summed E-state index contributed by atoms with van der Waals surface area (Å²) in [5.41, 5.74) is -0.226. The topological polar surface area (TPSA) is 32.3 Å². The zero-order chi connectivity index (χ0) is 9.90. The monoisotopic (exact) mass is 182 g/mol. The Labute approximate surface area is 79.8 Å². The number of carbonyl (C=O) groups excluding carboxylic acids is 1. The third kappa shape index (κ3) is 2.31. The summed E-state index contributed by atoms with van der Waals surface area (Å²) in [4.78, 5) is 13.4. The van der Waals surface area contributed by atoms with Crippen LogP contribution in [0.2, 0.25) is 0 Å². The molecule has 1 N–H and O–H groups in total. The van der Waals surface area contributed by atoms with Gasteiger partial charge in [-0.1, -0.05) is 13.0 Å². The predicted octanol–water partition coefficient (Wildman–Crippen LogP) is 1.12. The molecule has 0 saturated carbocycles. The molecule has 1 heterocycles. The Hall–Kier alpha value is -0.830. The maximum Gasteiger partial charge on any atom is 0.247 e. The van der Waals surface area contributed by atoms with Crippen molar-refractivity contribution in [1.29, 1.82) is 0 Å². The third-order valence-corrected chi connectivity index (χ3v) is 2.33. The van der Waals surface area contributed by atoms with Crippen LogP contribution in [0.1, 0.15) is 27.2 Å². The maximum atomic E-state index is 11.5. The molecule has 0 unspecified atom stereocenters. The van der Waals surface area contributed by atoms with Crippen molar-refractivity contribution in [1.82, 2.24) is 10.2 Å². The number of hydrogen-bond donors (Lipinski definition) is 1. The van der Waals surface area contributed by atoms with Gasteiger partial charge in [0.05, 0.1) is 5.66 Å². The van der Waals surface area contributed by atoms with Gasteiger partial charge in [-0.3, -0.25) is 10.1 Å². The lowest BCUT2D eigenvalue weighted by Gasteiger charge is -2.39. The minimum atomic E-state index is -0.226. The SMILES string of the molecule is CCNC(C)(C)N1CCC=CC1=O. The minimum Gasteiger partial charge on any atom is -0.321 e. The largest absolute Gasteiger partial charge is 0.321 e. The fraction of sp³-hybridized carbons (Fsp3) is 0.700. The van der Waals surface area contributed by atoms with E-state index < -0.39 is 0 Å². The van der Waals surface area contributed by atoms with Crippen molar-refractivity contribution < 1.29 is 4.79 Å². The van der Waals surface area contributed by atoms with Crippen molar-refractivity contribution in [3.63, 3.8) is 0 Å². The molecule has 0 spiro atoms. The Morgan fingerprint density at radius 1 is 1.62 bits per heavy atom. The lowest BCUT2D eigenvalue weighted by Crippen LogP contribution is -2.57. The molecule has 0 aromatic carbocycles. The zero-order valence-corrected chi connectivity index (χ0v) is 8.63. The molecule has 0 radical (unpaired) electrons. The molecular weight excluding hydrogens is 164 g/mol. The molecule has 1 aliphatic rings. The van der Waals surface area contributed by atoms with Crippen LogP contribution in [-0.2, 0) is 4.79 Å². The lowest BCUT2D eigenvalue weighted by atomic mass is 10.1. The minimum absolute atomic E-state index is 0.109. The highest BCUT2D eigenvalue weighted by molar-refractivity contribution is 5.88. The second-order valence-electron chi connectivity index (χ2n) is 3.77. The van der Waals surface area contributed by atoms with Crippen molar-refractivity contribution in [2.75, 3.05) is 13.1 Å². The Bertz CT molecular complexity index is 221. The van der Waals surface area contributed by atoms with Crippen LogP contribution in [0.15, 0.2) is 12.2 Å². The smallest absolute Gasteiger partial charge is 0.247 e. The molecule has 0 fully saturated rings. The van der Waals surface area contributed by atoms with Gasteiger partial charge in [0.2, 0.25) is 5.91 Å². The van der Waals surface area contributed by atoms with Crippen molar-refractivity contribution in [2.45, 2.75) is 32.9 Å². The van der Waals surface area contributed by atoms with Gasteiger partial charge in [0.15, 0.2) is 0 Å². The van der Waals surface area contributed by atoms with E-state index in [2.05, 4.69) is 5.32 Å². The number of carbonyl (C=O) groups is 1. The van der Waals surface area contributed by atoms with Gasteiger partial charge in [-0.2, -0.15) is 0 Å². The molecule has 0 aromatic heterocycles. The van der Waals surface area contributed by atoms with Crippen LogP contribution in [0.4, 0.5) is 0 Å². The van der Waals surface area contributed by atoms with Crippen molar-refractivity contribution in [2.24, 2.45) is 0 Å². The van der Waals surface area contributed by atoms with Crippen LogP contribution in [-0.4, -0.2) is 29.6 Å². The van der Waals surface area contributed by atoms with Gasteiger partial charge in [-0.25, -0.2) is 0 Å². The molecular formula is C10H18N2O. The van der Waals surface area contributed by atoms with E-state index in [-0.39, 0.29) is 11.6 Å². The van der Waals surface area contributed by atoms with Gasteiger partial charge in [-0.05, 0) is 32.9 Å². The average Bonchev–Trinajstić information content (AvgIpc) is 2.04. The summed E-state index contributed by atoms with van der Waals surface area (Å²) in [7, 11) is 0. The molecule has 0 aliphatic carbocycles. The van der Waals surface area contributed by atoms with Crippen LogP contribution in [0.5, 0.6) is 0 Å². The van der Waals surface area contributed by atoms with E-state index in [0.717, 1.165) is 19.5 Å². The van der Waals surface area contributed by atoms with Crippen LogP contribution in [0.3, 0.4) is 0 Å². The summed E-state index contributed by atoms with van der Waals surface area (Å²) in [5, 5.41) is 3.29. The Balaban J connectivity index is 2.69. The van der Waals surface area contributed by atoms with Crippen LogP contribution < -0.4 is 5.32 Å². The van der Waals surface area contributed by atoms with Crippen LogP contribution >= 0.6 is 0 Å². The number of hydrogen-bond acceptors (Lipinski definition) is 2. The summed E-state index contributed by atoms with van der Waals surface area (Å²) >= 11 is 0. The van der Waals surface area contributed by atoms with E-state index in [1.54, 1.807) is 6.08 Å². The summed E-state index contributed by atoms with van der Waals surface area (Å²) in [6, 6.07) is 0. The molecule has 1 rings (SSSR count). The molecule has 0 aromatic rings. The van der Waals surface area contributed by atoms with E-state index in [1.807, 2.05) is 31.7 Å². The first-order valence-corrected chi connectivity index (χ1v) is 4.81. The van der Waals surface area contributed by atoms with Crippen LogP contribution in [0.25, 0.3) is 0 Å². The van der Waals surface area contributed by atoms with Gasteiger partial charge >= 0.3 is 0 Å². The number of amides is 1. The Kier molecular flexibility index (Phi) is 3.09. The molecule has 0 atom stereocenters. The molecule has 0 saturated heterocycles. The fourth-order valence-corrected chi connectivity index (χ4v) is 1.67. The molecule has 3 heteroatoms. The van der Waals surface area contributed by atoms with E-state index in [9.17, 15) is 4.79 Å². The average molecular weight is 182 g/mol. The molecule has 1 amide bonds. The van der Waals surface area contributed by atoms with Gasteiger partial charge in [0, 0.05) is 6.54 Å². The zero-order valence-electron chi connectivity index (χ0n) is 8.63. The van der Waals surface area contributed by atoms with Crippen molar-refractivity contribution in [3.8, 4) is 0 Å². The maximum absolute atomic E-state index is 11.5. The molecule has 0 bridgehead atoms. The van der Waals surface area contributed by atoms with Gasteiger partial charge in [0.1, 0.15) is 0 Å². The highest BCUT2D eigenvalue weighted by atomic mass is 16.2. The molecule has 3 nitrogen and oxygen atoms in total. The van der Waals surface area contributed by atoms with E-state index in [0.29, 0.717) is 0 Å². The molecule has 1 aliphatic heterocycles. The van der Waals surface area contributed by atoms with Gasteiger partial charge in [0.25, 0.3) is 0 Å². The van der Waals surface area contributed by atoms with E-state index >= 15 is 0 Å². The first kappa shape index (κ1) is 10.3. The van der Waals surface area contributed by atoms with Crippen molar-refractivity contribution >= 4 is 5.91 Å². The summed E-state index contributed by atoms with van der Waals surface area (Å²) < 4.78 is 0. The first-order valence-electron chi connectivity index (χ1n) is 4.81. The summed E-state index contributed by atoms with van der Waals surface area (Å²) in [5.74, 6) is 0.109.